The van der Waals surface area contributed by atoms with Crippen molar-refractivity contribution in [2.45, 2.75) is 25.5 Å². The van der Waals surface area contributed by atoms with Crippen LogP contribution in [0, 0.1) is 0 Å². The van der Waals surface area contributed by atoms with Gasteiger partial charge in [-0.05, 0) is 0 Å². The van der Waals surface area contributed by atoms with Gasteiger partial charge in [-0.25, -0.2) is 0 Å². The Hall–Kier alpha value is -0.545. The van der Waals surface area contributed by atoms with E-state index >= 15 is 0 Å². The number of aliphatic hydroxyl groups is 1. The molecule has 0 aliphatic carbocycles. The van der Waals surface area contributed by atoms with E-state index in [1.165, 1.54) is 6.92 Å². The van der Waals surface area contributed by atoms with Crippen LogP contribution in [0.4, 0.5) is 0 Å². The number of hydrogen-bond donors (Lipinski definition) is 1. The third-order valence-corrected chi connectivity index (χ3v) is 2.16. The Morgan fingerprint density at radius 1 is 1.75 bits per heavy atom. The van der Waals surface area contributed by atoms with Crippen LogP contribution in [0.1, 0.15) is 13.3 Å². The van der Waals surface area contributed by atoms with Gasteiger partial charge in [-0.2, -0.15) is 0 Å². The summed E-state index contributed by atoms with van der Waals surface area (Å²) in [5.74, 6) is 0.0217. The van der Waals surface area contributed by atoms with Crippen molar-refractivity contribution in [3.63, 3.8) is 0 Å². The second-order valence-electron chi connectivity index (χ2n) is 3.14. The first-order valence-electron chi connectivity index (χ1n) is 4.01. The Labute approximate surface area is 71.8 Å². The van der Waals surface area contributed by atoms with Crippen molar-refractivity contribution in [2.75, 3.05) is 13.0 Å². The summed E-state index contributed by atoms with van der Waals surface area (Å²) >= 11 is 0. The van der Waals surface area contributed by atoms with Crippen molar-refractivity contribution in [3.8, 4) is 0 Å². The van der Waals surface area contributed by atoms with Crippen LogP contribution >= 0.6 is 0 Å². The molecule has 0 radical (unpaired) electrons. The molecule has 4 nitrogen and oxygen atoms in total. The quantitative estimate of drug-likeness (QED) is 0.551. The molecular weight excluding hydrogens is 157 g/mol. The van der Waals surface area contributed by atoms with Gasteiger partial charge in [-0.1, -0.05) is 0 Å². The van der Waals surface area contributed by atoms with Crippen molar-refractivity contribution in [1.82, 2.24) is 4.90 Å². The molecule has 1 rings (SSSR count). The molecule has 0 amide bonds. The number of nitrogens with zero attached hydrogens (tertiary/aromatic N) is 1. The maximum absolute atomic E-state index is 11.0. The first kappa shape index (κ1) is 9.54. The molecule has 1 aliphatic rings. The SMILES string of the molecule is CC(=O)C1CC(O)CN1CB=O. The number of likely N-dealkylation sites (tertiary alicyclic amines) is 1. The first-order chi connectivity index (χ1) is 5.65. The van der Waals surface area contributed by atoms with Crippen molar-refractivity contribution in [2.24, 2.45) is 0 Å². The van der Waals surface area contributed by atoms with E-state index in [4.69, 9.17) is 0 Å². The molecule has 0 saturated carbocycles. The summed E-state index contributed by atoms with van der Waals surface area (Å²) < 4.78 is 10.2. The molecule has 1 N–H and O–H groups in total. The molecule has 0 aromatic heterocycles. The van der Waals surface area contributed by atoms with Gasteiger partial charge in [-0.3, -0.25) is 0 Å². The average Bonchev–Trinajstić information content (AvgIpc) is 2.32. The van der Waals surface area contributed by atoms with Gasteiger partial charge >= 0.3 is 70.9 Å². The van der Waals surface area contributed by atoms with Crippen LogP contribution in [0.3, 0.4) is 0 Å². The zero-order chi connectivity index (χ0) is 9.14. The van der Waals surface area contributed by atoms with Gasteiger partial charge < -0.3 is 0 Å². The minimum absolute atomic E-state index is 0.0217. The monoisotopic (exact) mass is 169 g/mol. The van der Waals surface area contributed by atoms with E-state index in [9.17, 15) is 14.6 Å². The predicted octanol–water partition coefficient (Wildman–Crippen LogP) is -0.982. The first-order valence-corrected chi connectivity index (χ1v) is 4.01. The van der Waals surface area contributed by atoms with E-state index in [-0.39, 0.29) is 18.3 Å². The number of carbonyl (C=O) groups is 1. The Morgan fingerprint density at radius 2 is 2.42 bits per heavy atom. The van der Waals surface area contributed by atoms with Crippen molar-refractivity contribution in [3.05, 3.63) is 0 Å². The van der Waals surface area contributed by atoms with Crippen LogP contribution in [0.5, 0.6) is 0 Å². The second-order valence-corrected chi connectivity index (χ2v) is 3.14. The van der Waals surface area contributed by atoms with Crippen LogP contribution in [0.25, 0.3) is 0 Å². The number of hydrogen-bond acceptors (Lipinski definition) is 4. The van der Waals surface area contributed by atoms with Crippen LogP contribution < -0.4 is 0 Å². The number of β-amino-alcohol motifs (C(OH)–C–C–N with tert-alkyl or cyclic N) is 1. The maximum atomic E-state index is 11.0. The summed E-state index contributed by atoms with van der Waals surface area (Å²) in [6, 6.07) is -0.259. The molecule has 0 spiro atoms. The van der Waals surface area contributed by atoms with E-state index in [2.05, 4.69) is 0 Å². The molecule has 12 heavy (non-hydrogen) atoms. The normalized spacial score (nSPS) is 30.2. The molecule has 1 heterocycles. The summed E-state index contributed by atoms with van der Waals surface area (Å²) in [7, 11) is 0.758. The molecule has 2 unspecified atom stereocenters. The molecule has 0 aromatic rings. The number of aliphatic hydroxyl groups excluding tert-OH is 1. The van der Waals surface area contributed by atoms with Gasteiger partial charge in [-0.15, -0.1) is 0 Å². The average molecular weight is 169 g/mol. The third kappa shape index (κ3) is 1.98. The molecule has 2 atom stereocenters. The fourth-order valence-corrected chi connectivity index (χ4v) is 1.60. The fraction of sp³-hybridized carbons (Fsp3) is 0.857. The zero-order valence-corrected chi connectivity index (χ0v) is 7.06. The van der Waals surface area contributed by atoms with Gasteiger partial charge in [0.05, 0.1) is 0 Å². The Kier molecular flexibility index (Phi) is 3.11. The number of rotatable bonds is 3. The molecule has 1 fully saturated rings. The molecule has 1 saturated heterocycles. The summed E-state index contributed by atoms with van der Waals surface area (Å²) in [5, 5.41) is 9.24. The summed E-state index contributed by atoms with van der Waals surface area (Å²) in [6.45, 7) is 1.92. The van der Waals surface area contributed by atoms with Crippen LogP contribution in [-0.2, 0) is 9.50 Å². The van der Waals surface area contributed by atoms with E-state index in [0.717, 1.165) is 7.15 Å². The Balaban J connectivity index is 2.58. The van der Waals surface area contributed by atoms with Gasteiger partial charge in [0, 0.05) is 0 Å². The Morgan fingerprint density at radius 3 is 2.92 bits per heavy atom. The van der Waals surface area contributed by atoms with Gasteiger partial charge in [0.15, 0.2) is 0 Å². The molecule has 66 valence electrons. The summed E-state index contributed by atoms with van der Waals surface area (Å²) in [5.41, 5.74) is 0. The van der Waals surface area contributed by atoms with E-state index in [1.54, 1.807) is 4.90 Å². The number of Topliss-reactive ketones (excluding diaryl/α,β-unsaturated/α-hetero) is 1. The molecule has 5 heteroatoms. The predicted molar refractivity (Wildman–Crippen MR) is 43.1 cm³/mol. The molecule has 1 aliphatic heterocycles. The number of ketones is 1. The van der Waals surface area contributed by atoms with Crippen molar-refractivity contribution >= 4 is 12.9 Å². The molecule has 0 aromatic carbocycles. The molecular formula is C7H12BNO3. The van der Waals surface area contributed by atoms with E-state index < -0.39 is 6.10 Å². The van der Waals surface area contributed by atoms with Crippen molar-refractivity contribution in [1.29, 1.82) is 0 Å². The van der Waals surface area contributed by atoms with E-state index in [0.29, 0.717) is 13.0 Å². The van der Waals surface area contributed by atoms with Gasteiger partial charge in [0.2, 0.25) is 0 Å². The van der Waals surface area contributed by atoms with Crippen LogP contribution in [0.2, 0.25) is 0 Å². The summed E-state index contributed by atoms with van der Waals surface area (Å²) in [6.07, 6.45) is 0.239. The number of carbonyl (C=O) groups excluding carboxylic acids is 1. The zero-order valence-electron chi connectivity index (χ0n) is 7.06. The third-order valence-electron chi connectivity index (χ3n) is 2.16. The van der Waals surface area contributed by atoms with Gasteiger partial charge in [0.25, 0.3) is 0 Å². The van der Waals surface area contributed by atoms with Crippen LogP contribution in [-0.4, -0.2) is 48.1 Å². The second kappa shape index (κ2) is 3.91. The van der Waals surface area contributed by atoms with Crippen molar-refractivity contribution < 1.29 is 14.6 Å². The van der Waals surface area contributed by atoms with Gasteiger partial charge in [0.1, 0.15) is 0 Å². The standard InChI is InChI=1S/C7H12BNO3/c1-5(10)7-2-6(11)3-9(7)4-8-12/h6-7,11H,2-4H2,1H3. The van der Waals surface area contributed by atoms with E-state index in [1.807, 2.05) is 0 Å². The Bertz CT molecular complexity index is 197. The molecule has 0 bridgehead atoms. The minimum atomic E-state index is -0.459. The summed E-state index contributed by atoms with van der Waals surface area (Å²) in [4.78, 5) is 12.7. The fourth-order valence-electron chi connectivity index (χ4n) is 1.60. The topological polar surface area (TPSA) is 57.6 Å². The van der Waals surface area contributed by atoms with Crippen LogP contribution in [0.15, 0.2) is 0 Å².